The Hall–Kier alpha value is -2.41. The predicted octanol–water partition coefficient (Wildman–Crippen LogP) is 0.855. The lowest BCUT2D eigenvalue weighted by Gasteiger charge is -2.22. The van der Waals surface area contributed by atoms with E-state index in [2.05, 4.69) is 10.5 Å². The molecule has 2 aliphatic heterocycles. The third-order valence-electron chi connectivity index (χ3n) is 3.66. The highest BCUT2D eigenvalue weighted by Gasteiger charge is 2.42. The van der Waals surface area contributed by atoms with Crippen molar-refractivity contribution in [2.75, 3.05) is 6.54 Å². The normalized spacial score (nSPS) is 23.8. The standard InChI is InChI=1S/C14H15N3O4/c1-8(18)21-9-6-12-13(16-20)15-11-5-3-2-4-10(11)14(19)17(12)7-9/h2-5,9,12,20H,6-7H2,1H3,(H,15,16)/t9-,12+/m1/s1. The van der Waals surface area contributed by atoms with Gasteiger partial charge in [-0.2, -0.15) is 0 Å². The molecule has 7 heteroatoms. The van der Waals surface area contributed by atoms with Gasteiger partial charge in [-0.1, -0.05) is 12.1 Å². The maximum absolute atomic E-state index is 12.6. The van der Waals surface area contributed by atoms with E-state index in [1.54, 1.807) is 29.2 Å². The first-order chi connectivity index (χ1) is 10.1. The first kappa shape index (κ1) is 13.6. The van der Waals surface area contributed by atoms with Gasteiger partial charge in [0.15, 0.2) is 0 Å². The molecular formula is C14H15N3O4. The number of fused-ring (bicyclic) bond motifs is 2. The quantitative estimate of drug-likeness (QED) is 0.591. The minimum Gasteiger partial charge on any atom is -0.461 e. The number of benzene rings is 1. The minimum atomic E-state index is -0.431. The summed E-state index contributed by atoms with van der Waals surface area (Å²) in [4.78, 5) is 29.6. The van der Waals surface area contributed by atoms with E-state index in [0.717, 1.165) is 0 Å². The van der Waals surface area contributed by atoms with Crippen molar-refractivity contribution >= 4 is 23.4 Å². The molecule has 0 saturated carbocycles. The zero-order valence-electron chi connectivity index (χ0n) is 11.4. The predicted molar refractivity (Wildman–Crippen MR) is 73.5 cm³/mol. The number of hydrogen-bond donors (Lipinski definition) is 2. The van der Waals surface area contributed by atoms with Crippen molar-refractivity contribution in [3.63, 3.8) is 0 Å². The second-order valence-corrected chi connectivity index (χ2v) is 5.07. The van der Waals surface area contributed by atoms with Crippen LogP contribution in [0.1, 0.15) is 23.7 Å². The second-order valence-electron chi connectivity index (χ2n) is 5.07. The van der Waals surface area contributed by atoms with Crippen LogP contribution < -0.4 is 5.48 Å². The topological polar surface area (TPSA) is 91.2 Å². The number of rotatable bonds is 1. The lowest BCUT2D eigenvalue weighted by Crippen LogP contribution is -2.44. The van der Waals surface area contributed by atoms with Crippen molar-refractivity contribution in [3.8, 4) is 0 Å². The SMILES string of the molecule is CC(=O)O[C@@H]1C[C@H]2C(NO)=Nc3ccccc3C(=O)N2C1. The van der Waals surface area contributed by atoms with Crippen LogP contribution in [0.5, 0.6) is 0 Å². The lowest BCUT2D eigenvalue weighted by molar-refractivity contribution is -0.145. The molecule has 1 saturated heterocycles. The molecule has 0 unspecified atom stereocenters. The second kappa shape index (κ2) is 5.17. The molecular weight excluding hydrogens is 274 g/mol. The highest BCUT2D eigenvalue weighted by Crippen LogP contribution is 2.31. The summed E-state index contributed by atoms with van der Waals surface area (Å²) in [7, 11) is 0. The average Bonchev–Trinajstić information content (AvgIpc) is 2.82. The van der Waals surface area contributed by atoms with Crippen molar-refractivity contribution in [3.05, 3.63) is 29.8 Å². The van der Waals surface area contributed by atoms with Crippen LogP contribution in [0.4, 0.5) is 5.69 Å². The lowest BCUT2D eigenvalue weighted by atomic mass is 10.1. The van der Waals surface area contributed by atoms with Gasteiger partial charge in [-0.15, -0.1) is 0 Å². The van der Waals surface area contributed by atoms with E-state index in [0.29, 0.717) is 17.7 Å². The molecule has 2 N–H and O–H groups in total. The highest BCUT2D eigenvalue weighted by molar-refractivity contribution is 6.06. The van der Waals surface area contributed by atoms with E-state index in [-0.39, 0.29) is 30.4 Å². The maximum Gasteiger partial charge on any atom is 0.302 e. The maximum atomic E-state index is 12.6. The summed E-state index contributed by atoms with van der Waals surface area (Å²) in [5, 5.41) is 9.32. The number of amides is 1. The zero-order chi connectivity index (χ0) is 15.0. The van der Waals surface area contributed by atoms with Gasteiger partial charge >= 0.3 is 5.97 Å². The Balaban J connectivity index is 1.98. The largest absolute Gasteiger partial charge is 0.461 e. The van der Waals surface area contributed by atoms with E-state index in [1.165, 1.54) is 6.92 Å². The number of aliphatic imine (C=N–C) groups is 1. The van der Waals surface area contributed by atoms with Gasteiger partial charge in [0.05, 0.1) is 23.8 Å². The first-order valence-corrected chi connectivity index (χ1v) is 6.66. The minimum absolute atomic E-state index is 0.181. The van der Waals surface area contributed by atoms with Crippen molar-refractivity contribution in [2.24, 2.45) is 4.99 Å². The number of nitrogens with one attached hydrogen (secondary N) is 1. The summed E-state index contributed by atoms with van der Waals surface area (Å²) in [6, 6.07) is 6.52. The van der Waals surface area contributed by atoms with Gasteiger partial charge in [0.25, 0.3) is 5.91 Å². The molecule has 2 atom stereocenters. The van der Waals surface area contributed by atoms with Crippen molar-refractivity contribution < 1.29 is 19.5 Å². The smallest absolute Gasteiger partial charge is 0.302 e. The zero-order valence-corrected chi connectivity index (χ0v) is 11.4. The summed E-state index contributed by atoms with van der Waals surface area (Å²) in [5.74, 6) is -0.289. The molecule has 2 heterocycles. The first-order valence-electron chi connectivity index (χ1n) is 6.66. The molecule has 110 valence electrons. The van der Waals surface area contributed by atoms with E-state index in [9.17, 15) is 14.8 Å². The number of amidine groups is 1. The van der Waals surface area contributed by atoms with Crippen LogP contribution in [-0.4, -0.2) is 46.5 Å². The van der Waals surface area contributed by atoms with Gasteiger partial charge in [-0.05, 0) is 12.1 Å². The molecule has 1 amide bonds. The van der Waals surface area contributed by atoms with E-state index < -0.39 is 6.04 Å². The third kappa shape index (κ3) is 2.36. The molecule has 0 spiro atoms. The van der Waals surface area contributed by atoms with Crippen LogP contribution in [0.25, 0.3) is 0 Å². The molecule has 2 aliphatic rings. The molecule has 21 heavy (non-hydrogen) atoms. The van der Waals surface area contributed by atoms with Crippen molar-refractivity contribution in [1.29, 1.82) is 0 Å². The summed E-state index contributed by atoms with van der Waals surface area (Å²) in [5.41, 5.74) is 3.05. The number of nitrogens with zero attached hydrogens (tertiary/aromatic N) is 2. The Morgan fingerprint density at radius 1 is 1.48 bits per heavy atom. The fourth-order valence-electron chi connectivity index (χ4n) is 2.81. The van der Waals surface area contributed by atoms with Crippen molar-refractivity contribution in [2.45, 2.75) is 25.5 Å². The Labute approximate surface area is 121 Å². The van der Waals surface area contributed by atoms with Crippen LogP contribution in [0.3, 0.4) is 0 Å². The molecule has 1 aromatic carbocycles. The molecule has 0 bridgehead atoms. The number of hydrogen-bond acceptors (Lipinski definition) is 6. The average molecular weight is 289 g/mol. The summed E-state index contributed by atoms with van der Waals surface area (Å²) in [6.07, 6.45) is 0.0198. The number of carbonyl (C=O) groups excluding carboxylic acids is 2. The molecule has 0 radical (unpaired) electrons. The van der Waals surface area contributed by atoms with E-state index in [4.69, 9.17) is 4.74 Å². The molecule has 0 aromatic heterocycles. The number of esters is 1. The third-order valence-corrected chi connectivity index (χ3v) is 3.66. The van der Waals surface area contributed by atoms with E-state index >= 15 is 0 Å². The van der Waals surface area contributed by atoms with Gasteiger partial charge in [-0.3, -0.25) is 20.3 Å². The van der Waals surface area contributed by atoms with Crippen molar-refractivity contribution in [1.82, 2.24) is 10.4 Å². The molecule has 7 nitrogen and oxygen atoms in total. The molecule has 1 aromatic rings. The van der Waals surface area contributed by atoms with Crippen LogP contribution in [0, 0.1) is 0 Å². The fraction of sp³-hybridized carbons (Fsp3) is 0.357. The Kier molecular flexibility index (Phi) is 3.34. The summed E-state index contributed by atoms with van der Waals surface area (Å²) < 4.78 is 5.18. The summed E-state index contributed by atoms with van der Waals surface area (Å²) >= 11 is 0. The van der Waals surface area contributed by atoms with Crippen LogP contribution in [0.2, 0.25) is 0 Å². The van der Waals surface area contributed by atoms with Gasteiger partial charge in [0, 0.05) is 13.3 Å². The van der Waals surface area contributed by atoms with Gasteiger partial charge in [0.2, 0.25) is 0 Å². The Morgan fingerprint density at radius 2 is 2.24 bits per heavy atom. The van der Waals surface area contributed by atoms with E-state index in [1.807, 2.05) is 0 Å². The Morgan fingerprint density at radius 3 is 2.95 bits per heavy atom. The molecule has 0 aliphatic carbocycles. The number of carbonyl (C=O) groups is 2. The van der Waals surface area contributed by atoms with Crippen LogP contribution >= 0.6 is 0 Å². The number of para-hydroxylation sites is 1. The Bertz CT molecular complexity index is 628. The monoisotopic (exact) mass is 289 g/mol. The molecule has 3 rings (SSSR count). The van der Waals surface area contributed by atoms with Gasteiger partial charge in [-0.25, -0.2) is 4.99 Å². The number of ether oxygens (including phenoxy) is 1. The summed E-state index contributed by atoms with van der Waals surface area (Å²) in [6.45, 7) is 1.62. The fourth-order valence-corrected chi connectivity index (χ4v) is 2.81. The molecule has 1 fully saturated rings. The highest BCUT2D eigenvalue weighted by atomic mass is 16.5. The van der Waals surface area contributed by atoms with Crippen LogP contribution in [0.15, 0.2) is 29.3 Å². The van der Waals surface area contributed by atoms with Gasteiger partial charge in [0.1, 0.15) is 11.9 Å². The number of hydroxylamine groups is 1. The van der Waals surface area contributed by atoms with Gasteiger partial charge < -0.3 is 9.64 Å². The van der Waals surface area contributed by atoms with Crippen LogP contribution in [-0.2, 0) is 9.53 Å².